The topological polar surface area (TPSA) is 81.3 Å². The predicted octanol–water partition coefficient (Wildman–Crippen LogP) is 2.37. The lowest BCUT2D eigenvalue weighted by Gasteiger charge is -2.12. The lowest BCUT2D eigenvalue weighted by Crippen LogP contribution is -2.42. The Hall–Kier alpha value is -3.35. The predicted molar refractivity (Wildman–Crippen MR) is 114 cm³/mol. The fraction of sp³-hybridized carbons (Fsp3) is 0.273. The Balaban J connectivity index is 1.34. The van der Waals surface area contributed by atoms with E-state index < -0.39 is 0 Å². The van der Waals surface area contributed by atoms with Crippen LogP contribution >= 0.6 is 0 Å². The van der Waals surface area contributed by atoms with Crippen LogP contribution in [0.15, 0.2) is 59.7 Å². The average Bonchev–Trinajstić information content (AvgIpc) is 3.14. The molecule has 152 valence electrons. The molecule has 0 saturated carbocycles. The summed E-state index contributed by atoms with van der Waals surface area (Å²) < 4.78 is 12.9. The molecule has 0 aliphatic rings. The smallest absolute Gasteiger partial charge is 0.224 e. The van der Waals surface area contributed by atoms with E-state index >= 15 is 0 Å². The first-order chi connectivity index (χ1) is 14.2. The third-order valence-corrected chi connectivity index (χ3v) is 4.60. The summed E-state index contributed by atoms with van der Waals surface area (Å²) in [5, 5.41) is 10.5. The highest BCUT2D eigenvalue weighted by molar-refractivity contribution is 5.83. The summed E-state index contributed by atoms with van der Waals surface area (Å²) >= 11 is 0. The van der Waals surface area contributed by atoms with Crippen LogP contribution in [0.25, 0.3) is 10.9 Å². The fourth-order valence-electron chi connectivity index (χ4n) is 3.11. The van der Waals surface area contributed by atoms with Gasteiger partial charge < -0.3 is 20.9 Å². The summed E-state index contributed by atoms with van der Waals surface area (Å²) in [5.74, 6) is 0.292. The largest absolute Gasteiger partial charge is 0.361 e. The molecular weight excluding hydrogens is 369 g/mol. The number of nitrogens with zero attached hydrogens (tertiary/aromatic N) is 1. The first-order valence-electron chi connectivity index (χ1n) is 9.66. The minimum absolute atomic E-state index is 0.0966. The van der Waals surface area contributed by atoms with E-state index in [-0.39, 0.29) is 18.1 Å². The molecule has 29 heavy (non-hydrogen) atoms. The first kappa shape index (κ1) is 20.4. The van der Waals surface area contributed by atoms with Crippen LogP contribution in [-0.4, -0.2) is 43.5 Å². The molecule has 4 N–H and O–H groups in total. The Morgan fingerprint density at radius 3 is 2.52 bits per heavy atom. The summed E-state index contributed by atoms with van der Waals surface area (Å²) in [7, 11) is 1.72. The van der Waals surface area contributed by atoms with Crippen LogP contribution in [0.1, 0.15) is 11.1 Å². The maximum absolute atomic E-state index is 12.9. The van der Waals surface area contributed by atoms with Crippen molar-refractivity contribution in [2.75, 3.05) is 26.7 Å². The zero-order valence-electron chi connectivity index (χ0n) is 16.5. The van der Waals surface area contributed by atoms with Gasteiger partial charge >= 0.3 is 0 Å². The van der Waals surface area contributed by atoms with Gasteiger partial charge in [0.05, 0.1) is 6.42 Å². The molecule has 0 fully saturated rings. The number of aromatic amines is 1. The van der Waals surface area contributed by atoms with Gasteiger partial charge in [-0.05, 0) is 35.7 Å². The molecule has 7 heteroatoms. The van der Waals surface area contributed by atoms with Crippen molar-refractivity contribution in [1.29, 1.82) is 0 Å². The van der Waals surface area contributed by atoms with Crippen LogP contribution in [-0.2, 0) is 17.6 Å². The number of rotatable bonds is 8. The molecule has 3 aromatic rings. The normalized spacial score (nSPS) is 11.4. The van der Waals surface area contributed by atoms with Crippen molar-refractivity contribution in [1.82, 2.24) is 20.9 Å². The van der Waals surface area contributed by atoms with Gasteiger partial charge in [-0.2, -0.15) is 0 Å². The summed E-state index contributed by atoms with van der Waals surface area (Å²) in [4.78, 5) is 19.4. The molecular formula is C22H26FN5O. The number of fused-ring (bicyclic) bond motifs is 1. The molecule has 0 saturated heterocycles. The standard InChI is InChI=1S/C22H26FN5O/c1-24-22(26-11-10-17-15-28-20-5-3-2-4-19(17)20)27-13-12-25-21(29)14-16-6-8-18(23)9-7-16/h2-9,15,28H,10-14H2,1H3,(H,25,29)(H2,24,26,27). The van der Waals surface area contributed by atoms with Gasteiger partial charge in [-0.15, -0.1) is 0 Å². The van der Waals surface area contributed by atoms with E-state index in [1.165, 1.54) is 23.1 Å². The molecule has 1 heterocycles. The number of halogens is 1. The zero-order chi connectivity index (χ0) is 20.5. The van der Waals surface area contributed by atoms with Crippen molar-refractivity contribution in [2.45, 2.75) is 12.8 Å². The number of hydrogen-bond donors (Lipinski definition) is 4. The monoisotopic (exact) mass is 395 g/mol. The summed E-state index contributed by atoms with van der Waals surface area (Å²) in [6.07, 6.45) is 3.15. The first-order valence-corrected chi connectivity index (χ1v) is 9.66. The number of amides is 1. The second kappa shape index (κ2) is 10.3. The molecule has 0 radical (unpaired) electrons. The number of aromatic nitrogens is 1. The summed E-state index contributed by atoms with van der Waals surface area (Å²) in [6.45, 7) is 1.78. The van der Waals surface area contributed by atoms with E-state index in [1.807, 2.05) is 18.3 Å². The highest BCUT2D eigenvalue weighted by Crippen LogP contribution is 2.17. The SMILES string of the molecule is CN=C(NCCNC(=O)Cc1ccc(F)cc1)NCCc1c[nH]c2ccccc12. The Bertz CT molecular complexity index is 965. The molecule has 1 amide bonds. The van der Waals surface area contributed by atoms with Gasteiger partial charge in [-0.3, -0.25) is 9.79 Å². The van der Waals surface area contributed by atoms with Crippen molar-refractivity contribution < 1.29 is 9.18 Å². The Labute approximate surface area is 169 Å². The number of aliphatic imine (C=N–C) groups is 1. The number of guanidine groups is 1. The Morgan fingerprint density at radius 2 is 1.72 bits per heavy atom. The van der Waals surface area contributed by atoms with Gasteiger partial charge in [0.2, 0.25) is 5.91 Å². The summed E-state index contributed by atoms with van der Waals surface area (Å²) in [5.41, 5.74) is 3.18. The number of benzene rings is 2. The van der Waals surface area contributed by atoms with Crippen LogP contribution in [0.3, 0.4) is 0 Å². The van der Waals surface area contributed by atoms with Crippen molar-refractivity contribution in [3.63, 3.8) is 0 Å². The lowest BCUT2D eigenvalue weighted by atomic mass is 10.1. The second-order valence-corrected chi connectivity index (χ2v) is 6.69. The van der Waals surface area contributed by atoms with Crippen LogP contribution < -0.4 is 16.0 Å². The quantitative estimate of drug-likeness (QED) is 0.269. The van der Waals surface area contributed by atoms with Crippen LogP contribution in [0.5, 0.6) is 0 Å². The summed E-state index contributed by atoms with van der Waals surface area (Å²) in [6, 6.07) is 14.2. The van der Waals surface area contributed by atoms with Gasteiger partial charge in [0, 0.05) is 43.8 Å². The number of para-hydroxylation sites is 1. The Morgan fingerprint density at radius 1 is 1.00 bits per heavy atom. The molecule has 0 unspecified atom stereocenters. The molecule has 0 aliphatic carbocycles. The number of hydrogen-bond acceptors (Lipinski definition) is 2. The van der Waals surface area contributed by atoms with Crippen LogP contribution in [0.4, 0.5) is 4.39 Å². The molecule has 1 aromatic heterocycles. The van der Waals surface area contributed by atoms with E-state index in [0.29, 0.717) is 19.0 Å². The van der Waals surface area contributed by atoms with Gasteiger partial charge in [0.15, 0.2) is 5.96 Å². The van der Waals surface area contributed by atoms with E-state index in [9.17, 15) is 9.18 Å². The maximum Gasteiger partial charge on any atom is 0.224 e. The molecule has 0 atom stereocenters. The van der Waals surface area contributed by atoms with E-state index in [4.69, 9.17) is 0 Å². The molecule has 3 rings (SSSR count). The average molecular weight is 395 g/mol. The molecule has 6 nitrogen and oxygen atoms in total. The highest BCUT2D eigenvalue weighted by atomic mass is 19.1. The number of carbonyl (C=O) groups excluding carboxylic acids is 1. The van der Waals surface area contributed by atoms with E-state index in [2.05, 4.69) is 38.1 Å². The second-order valence-electron chi connectivity index (χ2n) is 6.69. The van der Waals surface area contributed by atoms with Crippen molar-refractivity contribution in [3.05, 3.63) is 71.7 Å². The Kier molecular flexibility index (Phi) is 7.22. The minimum atomic E-state index is -0.304. The van der Waals surface area contributed by atoms with Crippen molar-refractivity contribution in [2.24, 2.45) is 4.99 Å². The zero-order valence-corrected chi connectivity index (χ0v) is 16.5. The van der Waals surface area contributed by atoms with Gasteiger partial charge in [0.25, 0.3) is 0 Å². The van der Waals surface area contributed by atoms with Gasteiger partial charge in [-0.25, -0.2) is 4.39 Å². The van der Waals surface area contributed by atoms with Crippen molar-refractivity contribution >= 4 is 22.8 Å². The highest BCUT2D eigenvalue weighted by Gasteiger charge is 2.05. The van der Waals surface area contributed by atoms with E-state index in [1.54, 1.807) is 19.2 Å². The van der Waals surface area contributed by atoms with Gasteiger partial charge in [0.1, 0.15) is 5.82 Å². The lowest BCUT2D eigenvalue weighted by molar-refractivity contribution is -0.120. The number of H-pyrrole nitrogens is 1. The minimum Gasteiger partial charge on any atom is -0.361 e. The molecule has 2 aromatic carbocycles. The third kappa shape index (κ3) is 6.07. The third-order valence-electron chi connectivity index (χ3n) is 4.60. The van der Waals surface area contributed by atoms with Gasteiger partial charge in [-0.1, -0.05) is 30.3 Å². The van der Waals surface area contributed by atoms with Crippen LogP contribution in [0, 0.1) is 5.82 Å². The fourth-order valence-corrected chi connectivity index (χ4v) is 3.11. The molecule has 0 spiro atoms. The van der Waals surface area contributed by atoms with Crippen molar-refractivity contribution in [3.8, 4) is 0 Å². The number of nitrogens with one attached hydrogen (secondary N) is 4. The number of carbonyl (C=O) groups is 1. The van der Waals surface area contributed by atoms with Crippen LogP contribution in [0.2, 0.25) is 0 Å². The maximum atomic E-state index is 12.9. The molecule has 0 bridgehead atoms. The van der Waals surface area contributed by atoms with E-state index in [0.717, 1.165) is 24.0 Å². The molecule has 0 aliphatic heterocycles.